The Morgan fingerprint density at radius 1 is 1.12 bits per heavy atom. The first-order valence-electron chi connectivity index (χ1n) is 8.31. The highest BCUT2D eigenvalue weighted by atomic mass is 16.3. The van der Waals surface area contributed by atoms with E-state index in [0.717, 1.165) is 33.3 Å². The fourth-order valence-electron chi connectivity index (χ4n) is 3.09. The van der Waals surface area contributed by atoms with Gasteiger partial charge < -0.3 is 9.73 Å². The predicted octanol–water partition coefficient (Wildman–Crippen LogP) is 5.35. The van der Waals surface area contributed by atoms with Crippen LogP contribution in [0.5, 0.6) is 0 Å². The summed E-state index contributed by atoms with van der Waals surface area (Å²) in [6.07, 6.45) is 2.00. The summed E-state index contributed by atoms with van der Waals surface area (Å²) in [5, 5.41) is 4.01. The van der Waals surface area contributed by atoms with Crippen LogP contribution in [-0.4, -0.2) is 5.91 Å². The van der Waals surface area contributed by atoms with E-state index in [1.165, 1.54) is 5.56 Å². The van der Waals surface area contributed by atoms with Crippen LogP contribution in [-0.2, 0) is 11.2 Å². The highest BCUT2D eigenvalue weighted by molar-refractivity contribution is 5.96. The van der Waals surface area contributed by atoms with Crippen molar-refractivity contribution in [2.45, 2.75) is 40.0 Å². The molecule has 1 N–H and O–H groups in total. The lowest BCUT2D eigenvalue weighted by Gasteiger charge is -2.08. The van der Waals surface area contributed by atoms with Crippen LogP contribution in [0, 0.1) is 13.8 Å². The SMILES string of the molecule is Cc1cc(C)c2c(CC(=O)Nc3ccc(C(C)C)cc3)coc2c1. The topological polar surface area (TPSA) is 42.2 Å². The van der Waals surface area contributed by atoms with Gasteiger partial charge in [0, 0.05) is 16.6 Å². The fraction of sp³-hybridized carbons (Fsp3) is 0.286. The van der Waals surface area contributed by atoms with Crippen molar-refractivity contribution in [3.63, 3.8) is 0 Å². The van der Waals surface area contributed by atoms with Crippen LogP contribution in [0.4, 0.5) is 5.69 Å². The van der Waals surface area contributed by atoms with Crippen LogP contribution in [0.3, 0.4) is 0 Å². The summed E-state index contributed by atoms with van der Waals surface area (Å²) in [6, 6.07) is 12.1. The number of aryl methyl sites for hydroxylation is 2. The molecule has 24 heavy (non-hydrogen) atoms. The Hall–Kier alpha value is -2.55. The minimum atomic E-state index is -0.0324. The van der Waals surface area contributed by atoms with Crippen molar-refractivity contribution < 1.29 is 9.21 Å². The Balaban J connectivity index is 1.75. The molecule has 0 saturated heterocycles. The summed E-state index contributed by atoms with van der Waals surface area (Å²) in [5.41, 5.74) is 6.17. The lowest BCUT2D eigenvalue weighted by atomic mass is 10.0. The van der Waals surface area contributed by atoms with E-state index in [1.807, 2.05) is 25.1 Å². The zero-order valence-electron chi connectivity index (χ0n) is 14.6. The minimum absolute atomic E-state index is 0.0324. The van der Waals surface area contributed by atoms with E-state index in [-0.39, 0.29) is 5.91 Å². The molecule has 1 aromatic heterocycles. The number of carbonyl (C=O) groups excluding carboxylic acids is 1. The molecule has 3 heteroatoms. The van der Waals surface area contributed by atoms with Crippen molar-refractivity contribution in [3.05, 3.63) is 64.9 Å². The molecule has 0 saturated carbocycles. The van der Waals surface area contributed by atoms with Gasteiger partial charge in [0.15, 0.2) is 0 Å². The van der Waals surface area contributed by atoms with Crippen molar-refractivity contribution in [2.24, 2.45) is 0 Å². The Labute approximate surface area is 142 Å². The van der Waals surface area contributed by atoms with Crippen LogP contribution in [0.1, 0.15) is 42.0 Å². The molecule has 0 aliphatic carbocycles. The molecule has 1 heterocycles. The van der Waals surface area contributed by atoms with E-state index in [4.69, 9.17) is 4.42 Å². The molecule has 0 aliphatic heterocycles. The van der Waals surface area contributed by atoms with Gasteiger partial charge in [-0.3, -0.25) is 4.79 Å². The molecule has 2 aromatic carbocycles. The van der Waals surface area contributed by atoms with Gasteiger partial charge >= 0.3 is 0 Å². The van der Waals surface area contributed by atoms with Gasteiger partial charge in [0.2, 0.25) is 5.91 Å². The second-order valence-corrected chi connectivity index (χ2v) is 6.72. The maximum absolute atomic E-state index is 12.4. The lowest BCUT2D eigenvalue weighted by molar-refractivity contribution is -0.115. The highest BCUT2D eigenvalue weighted by Gasteiger charge is 2.13. The molecule has 0 fully saturated rings. The molecule has 0 bridgehead atoms. The van der Waals surface area contributed by atoms with Crippen LogP contribution < -0.4 is 5.32 Å². The van der Waals surface area contributed by atoms with E-state index in [1.54, 1.807) is 6.26 Å². The van der Waals surface area contributed by atoms with E-state index >= 15 is 0 Å². The zero-order valence-corrected chi connectivity index (χ0v) is 14.6. The number of amides is 1. The standard InChI is InChI=1S/C21H23NO2/c1-13(2)16-5-7-18(8-6-16)22-20(23)11-17-12-24-19-10-14(3)9-15(4)21(17)19/h5-10,12-13H,11H2,1-4H3,(H,22,23). The lowest BCUT2D eigenvalue weighted by Crippen LogP contribution is -2.14. The molecule has 124 valence electrons. The highest BCUT2D eigenvalue weighted by Crippen LogP contribution is 2.27. The number of benzene rings is 2. The first-order chi connectivity index (χ1) is 11.4. The van der Waals surface area contributed by atoms with Crippen molar-refractivity contribution in [1.29, 1.82) is 0 Å². The molecule has 0 aliphatic rings. The second kappa shape index (κ2) is 6.52. The number of hydrogen-bond donors (Lipinski definition) is 1. The third kappa shape index (κ3) is 3.35. The van der Waals surface area contributed by atoms with Gasteiger partial charge in [-0.2, -0.15) is 0 Å². The van der Waals surface area contributed by atoms with Crippen molar-refractivity contribution in [2.75, 3.05) is 5.32 Å². The van der Waals surface area contributed by atoms with E-state index in [2.05, 4.69) is 44.3 Å². The van der Waals surface area contributed by atoms with E-state index in [0.29, 0.717) is 12.3 Å². The minimum Gasteiger partial charge on any atom is -0.464 e. The summed E-state index contributed by atoms with van der Waals surface area (Å²) in [4.78, 5) is 12.4. The number of nitrogens with one attached hydrogen (secondary N) is 1. The van der Waals surface area contributed by atoms with Gasteiger partial charge in [-0.15, -0.1) is 0 Å². The molecule has 0 radical (unpaired) electrons. The largest absolute Gasteiger partial charge is 0.464 e. The molecule has 0 atom stereocenters. The van der Waals surface area contributed by atoms with Gasteiger partial charge in [-0.1, -0.05) is 32.0 Å². The van der Waals surface area contributed by atoms with Gasteiger partial charge in [0.05, 0.1) is 12.7 Å². The monoisotopic (exact) mass is 321 g/mol. The Morgan fingerprint density at radius 3 is 2.50 bits per heavy atom. The molecule has 3 rings (SSSR count). The maximum Gasteiger partial charge on any atom is 0.228 e. The van der Waals surface area contributed by atoms with Gasteiger partial charge in [0.25, 0.3) is 0 Å². The molecule has 0 unspecified atom stereocenters. The number of carbonyl (C=O) groups is 1. The Morgan fingerprint density at radius 2 is 1.83 bits per heavy atom. The van der Waals surface area contributed by atoms with E-state index < -0.39 is 0 Å². The Kier molecular flexibility index (Phi) is 4.43. The summed E-state index contributed by atoms with van der Waals surface area (Å²) < 4.78 is 5.62. The van der Waals surface area contributed by atoms with Crippen LogP contribution in [0.15, 0.2) is 47.1 Å². The van der Waals surface area contributed by atoms with Crippen LogP contribution in [0.2, 0.25) is 0 Å². The van der Waals surface area contributed by atoms with E-state index in [9.17, 15) is 4.79 Å². The number of hydrogen-bond acceptors (Lipinski definition) is 2. The number of rotatable bonds is 4. The molecule has 1 amide bonds. The summed E-state index contributed by atoms with van der Waals surface area (Å²) >= 11 is 0. The van der Waals surface area contributed by atoms with Crippen molar-refractivity contribution in [3.8, 4) is 0 Å². The fourth-order valence-corrected chi connectivity index (χ4v) is 3.09. The first-order valence-corrected chi connectivity index (χ1v) is 8.31. The van der Waals surface area contributed by atoms with Gasteiger partial charge in [-0.05, 0) is 54.7 Å². The van der Waals surface area contributed by atoms with Gasteiger partial charge in [-0.25, -0.2) is 0 Å². The third-order valence-corrected chi connectivity index (χ3v) is 4.31. The average molecular weight is 321 g/mol. The molecular weight excluding hydrogens is 298 g/mol. The van der Waals surface area contributed by atoms with Gasteiger partial charge in [0.1, 0.15) is 5.58 Å². The smallest absolute Gasteiger partial charge is 0.228 e. The molecular formula is C21H23NO2. The average Bonchev–Trinajstić information content (AvgIpc) is 2.90. The number of anilines is 1. The van der Waals surface area contributed by atoms with Crippen LogP contribution >= 0.6 is 0 Å². The van der Waals surface area contributed by atoms with Crippen molar-refractivity contribution in [1.82, 2.24) is 0 Å². The molecule has 3 aromatic rings. The number of fused-ring (bicyclic) bond motifs is 1. The summed E-state index contributed by atoms with van der Waals surface area (Å²) in [7, 11) is 0. The van der Waals surface area contributed by atoms with Crippen LogP contribution in [0.25, 0.3) is 11.0 Å². The first kappa shape index (κ1) is 16.3. The normalized spacial score (nSPS) is 11.2. The van der Waals surface area contributed by atoms with Crippen molar-refractivity contribution >= 4 is 22.6 Å². The summed E-state index contributed by atoms with van der Waals surface area (Å²) in [6.45, 7) is 8.41. The Bertz CT molecular complexity index is 873. The predicted molar refractivity (Wildman–Crippen MR) is 98.6 cm³/mol. The molecule has 3 nitrogen and oxygen atoms in total. The molecule has 0 spiro atoms. The quantitative estimate of drug-likeness (QED) is 0.703. The summed E-state index contributed by atoms with van der Waals surface area (Å²) in [5.74, 6) is 0.452. The zero-order chi connectivity index (χ0) is 17.3. The second-order valence-electron chi connectivity index (χ2n) is 6.72. The third-order valence-electron chi connectivity index (χ3n) is 4.31. The maximum atomic E-state index is 12.4. The number of furan rings is 1.